The van der Waals surface area contributed by atoms with Gasteiger partial charge in [0, 0.05) is 31.3 Å². The lowest BCUT2D eigenvalue weighted by Crippen LogP contribution is -2.50. The van der Waals surface area contributed by atoms with E-state index in [1.807, 2.05) is 6.92 Å². The molecule has 2 heterocycles. The first-order chi connectivity index (χ1) is 13.3. The van der Waals surface area contributed by atoms with Crippen molar-refractivity contribution in [1.82, 2.24) is 10.2 Å². The van der Waals surface area contributed by atoms with E-state index in [2.05, 4.69) is 29.1 Å². The minimum absolute atomic E-state index is 0. The van der Waals surface area contributed by atoms with E-state index in [-0.39, 0.29) is 36.6 Å². The Hall–Kier alpha value is -1.65. The number of hydrogen-bond donors (Lipinski definition) is 2. The van der Waals surface area contributed by atoms with Gasteiger partial charge in [0.1, 0.15) is 5.75 Å². The first kappa shape index (κ1) is 23.6. The van der Waals surface area contributed by atoms with Gasteiger partial charge in [0.2, 0.25) is 0 Å². The Morgan fingerprint density at radius 2 is 2.10 bits per heavy atom. The molecule has 3 rings (SSSR count). The predicted molar refractivity (Wildman–Crippen MR) is 118 cm³/mol. The number of nitrogens with zero attached hydrogens (tertiary/aromatic N) is 1. The van der Waals surface area contributed by atoms with Crippen molar-refractivity contribution in [2.24, 2.45) is 0 Å². The molecule has 0 aromatic heterocycles. The molecular weight excluding hydrogens is 413 g/mol. The molecule has 0 radical (unpaired) electrons. The van der Waals surface area contributed by atoms with Crippen LogP contribution in [-0.2, 0) is 4.74 Å². The number of nitrogens with one attached hydrogen (secondary N) is 1. The molecule has 5 atom stereocenters. The average molecular weight is 442 g/mol. The predicted octanol–water partition coefficient (Wildman–Crippen LogP) is 3.11. The summed E-state index contributed by atoms with van der Waals surface area (Å²) in [6.07, 6.45) is 2.61. The van der Waals surface area contributed by atoms with Crippen LogP contribution in [0.25, 0.3) is 0 Å². The number of carbonyl (C=O) groups is 1. The number of halogens is 2. The van der Waals surface area contributed by atoms with Crippen molar-refractivity contribution >= 4 is 35.6 Å². The molecule has 29 heavy (non-hydrogen) atoms. The maximum atomic E-state index is 13.0. The molecule has 1 aromatic carbocycles. The highest BCUT2D eigenvalue weighted by Crippen LogP contribution is 2.36. The fourth-order valence-electron chi connectivity index (χ4n) is 4.32. The maximum Gasteiger partial charge on any atom is 0.255 e. The van der Waals surface area contributed by atoms with Crippen molar-refractivity contribution in [3.63, 3.8) is 0 Å². The molecule has 8 heteroatoms. The molecule has 0 spiro atoms. The molecule has 2 aliphatic rings. The monoisotopic (exact) mass is 441 g/mol. The van der Waals surface area contributed by atoms with Crippen molar-refractivity contribution < 1.29 is 14.3 Å². The van der Waals surface area contributed by atoms with E-state index in [0.29, 0.717) is 34.1 Å². The number of piperidine rings is 1. The number of anilines is 1. The van der Waals surface area contributed by atoms with Crippen molar-refractivity contribution in [2.45, 2.75) is 63.4 Å². The zero-order chi connectivity index (χ0) is 20.4. The lowest BCUT2D eigenvalue weighted by molar-refractivity contribution is 0.0523. The molecule has 2 fully saturated rings. The van der Waals surface area contributed by atoms with Crippen molar-refractivity contribution in [1.29, 1.82) is 0 Å². The number of fused-ring (bicyclic) bond motifs is 2. The summed E-state index contributed by atoms with van der Waals surface area (Å²) in [6.45, 7) is 3.56. The van der Waals surface area contributed by atoms with Gasteiger partial charge in [-0.1, -0.05) is 17.5 Å². The van der Waals surface area contributed by atoms with E-state index in [1.54, 1.807) is 26.2 Å². The normalized spacial score (nSPS) is 26.7. The highest BCUT2D eigenvalue weighted by Gasteiger charge is 2.45. The van der Waals surface area contributed by atoms with Crippen LogP contribution in [0, 0.1) is 11.8 Å². The lowest BCUT2D eigenvalue weighted by atomic mass is 9.97. The highest BCUT2D eigenvalue weighted by molar-refractivity contribution is 6.33. The van der Waals surface area contributed by atoms with Crippen molar-refractivity contribution in [3.8, 4) is 17.6 Å². The largest absolute Gasteiger partial charge is 0.477 e. The summed E-state index contributed by atoms with van der Waals surface area (Å²) in [5.74, 6) is 5.90. The summed E-state index contributed by atoms with van der Waals surface area (Å²) in [7, 11) is 3.89. The van der Waals surface area contributed by atoms with Crippen LogP contribution in [0.3, 0.4) is 0 Å². The van der Waals surface area contributed by atoms with E-state index >= 15 is 0 Å². The zero-order valence-electron chi connectivity index (χ0n) is 17.2. The third kappa shape index (κ3) is 5.10. The summed E-state index contributed by atoms with van der Waals surface area (Å²) >= 11 is 6.17. The number of carbonyl (C=O) groups excluding carboxylic acids is 1. The molecule has 6 nitrogen and oxygen atoms in total. The van der Waals surface area contributed by atoms with Gasteiger partial charge in [-0.25, -0.2) is 0 Å². The van der Waals surface area contributed by atoms with Crippen LogP contribution < -0.4 is 15.8 Å². The Kier molecular flexibility index (Phi) is 8.07. The molecule has 2 unspecified atom stereocenters. The summed E-state index contributed by atoms with van der Waals surface area (Å²) in [6, 6.07) is 3.97. The molecule has 160 valence electrons. The van der Waals surface area contributed by atoms with E-state index < -0.39 is 0 Å². The van der Waals surface area contributed by atoms with Gasteiger partial charge >= 0.3 is 0 Å². The number of ether oxygens (including phenoxy) is 2. The average Bonchev–Trinajstić information content (AvgIpc) is 2.82. The van der Waals surface area contributed by atoms with Gasteiger partial charge in [-0.2, -0.15) is 0 Å². The molecular formula is C21H29Cl2N3O3. The van der Waals surface area contributed by atoms with Crippen LogP contribution >= 0.6 is 24.0 Å². The van der Waals surface area contributed by atoms with Crippen LogP contribution in [0.4, 0.5) is 5.69 Å². The van der Waals surface area contributed by atoms with E-state index in [4.69, 9.17) is 26.8 Å². The van der Waals surface area contributed by atoms with Crippen molar-refractivity contribution in [2.75, 3.05) is 19.9 Å². The summed E-state index contributed by atoms with van der Waals surface area (Å²) in [4.78, 5) is 15.4. The SMILES string of the molecule is CC#C[C@H](C)Oc1cc(N)c(Cl)cc1C(=O)N[C@H]1CC2C[C@H](OC)C(C1)N2C.Cl. The van der Waals surface area contributed by atoms with Gasteiger partial charge < -0.3 is 20.5 Å². The van der Waals surface area contributed by atoms with Gasteiger partial charge in [0.05, 0.1) is 22.4 Å². The molecule has 2 aliphatic heterocycles. The van der Waals surface area contributed by atoms with Gasteiger partial charge in [-0.05, 0) is 46.2 Å². The van der Waals surface area contributed by atoms with Crippen LogP contribution in [0.2, 0.25) is 5.02 Å². The number of hydrogen-bond acceptors (Lipinski definition) is 5. The first-order valence-corrected chi connectivity index (χ1v) is 9.95. The second kappa shape index (κ2) is 9.90. The van der Waals surface area contributed by atoms with Crippen molar-refractivity contribution in [3.05, 3.63) is 22.7 Å². The van der Waals surface area contributed by atoms with E-state index in [0.717, 1.165) is 19.3 Å². The van der Waals surface area contributed by atoms with E-state index in [1.165, 1.54) is 0 Å². The Morgan fingerprint density at radius 3 is 2.76 bits per heavy atom. The first-order valence-electron chi connectivity index (χ1n) is 9.57. The summed E-state index contributed by atoms with van der Waals surface area (Å²) in [5.41, 5.74) is 6.65. The summed E-state index contributed by atoms with van der Waals surface area (Å²) in [5, 5.41) is 3.49. The molecule has 0 aliphatic carbocycles. The van der Waals surface area contributed by atoms with Crippen LogP contribution in [0.15, 0.2) is 12.1 Å². The molecule has 2 bridgehead atoms. The second-order valence-electron chi connectivity index (χ2n) is 7.56. The molecule has 0 saturated carbocycles. The number of rotatable bonds is 5. The third-order valence-corrected chi connectivity index (χ3v) is 6.08. The Labute approximate surface area is 183 Å². The molecule has 1 amide bonds. The third-order valence-electron chi connectivity index (χ3n) is 5.75. The van der Waals surface area contributed by atoms with Gasteiger partial charge in [0.25, 0.3) is 5.91 Å². The fourth-order valence-corrected chi connectivity index (χ4v) is 4.49. The number of likely N-dealkylation sites (N-methyl/N-ethyl adjacent to an activating group) is 1. The second-order valence-corrected chi connectivity index (χ2v) is 7.97. The number of benzene rings is 1. The van der Waals surface area contributed by atoms with Gasteiger partial charge in [0.15, 0.2) is 6.10 Å². The van der Waals surface area contributed by atoms with Gasteiger partial charge in [-0.15, -0.1) is 18.3 Å². The number of nitrogens with two attached hydrogens (primary N) is 1. The minimum atomic E-state index is -0.362. The van der Waals surface area contributed by atoms with Crippen LogP contribution in [-0.4, -0.2) is 55.3 Å². The quantitative estimate of drug-likeness (QED) is 0.542. The Bertz CT molecular complexity index is 808. The van der Waals surface area contributed by atoms with Gasteiger partial charge in [-0.3, -0.25) is 9.69 Å². The number of amides is 1. The molecule has 2 saturated heterocycles. The topological polar surface area (TPSA) is 76.8 Å². The number of methoxy groups -OCH3 is 1. The molecule has 3 N–H and O–H groups in total. The van der Waals surface area contributed by atoms with Crippen LogP contribution in [0.1, 0.15) is 43.5 Å². The Balaban J connectivity index is 0.00000300. The minimum Gasteiger partial charge on any atom is -0.477 e. The standard InChI is InChI=1S/C21H28ClN3O3.ClH/c1-5-6-12(2)28-19-11-17(23)16(22)10-15(19)21(26)24-13-7-14-9-20(27-4)18(8-13)25(14)3;/h10-14,18,20H,7-9,23H2,1-4H3,(H,24,26);1H/t12-,13-,14?,18?,20-;/m0./s1. The highest BCUT2D eigenvalue weighted by atomic mass is 35.5. The number of nitrogen functional groups attached to an aromatic ring is 1. The zero-order valence-corrected chi connectivity index (χ0v) is 18.8. The lowest BCUT2D eigenvalue weighted by Gasteiger charge is -2.37. The fraction of sp³-hybridized carbons (Fsp3) is 0.571. The Morgan fingerprint density at radius 1 is 1.38 bits per heavy atom. The smallest absolute Gasteiger partial charge is 0.255 e. The van der Waals surface area contributed by atoms with E-state index in [9.17, 15) is 4.79 Å². The van der Waals surface area contributed by atoms with Crippen LogP contribution in [0.5, 0.6) is 5.75 Å². The maximum absolute atomic E-state index is 13.0. The molecule has 1 aromatic rings. The summed E-state index contributed by atoms with van der Waals surface area (Å²) < 4.78 is 11.5.